The molecule has 116 valence electrons. The molecule has 0 heterocycles. The zero-order chi connectivity index (χ0) is 16.1. The number of carbonyl (C=O) groups is 1. The standard InChI is InChI=1S/C21H21NO/c1-16(19-13-12-18-9-5-6-10-20(18)15-19)22-21(23)14-11-17-7-3-2-4-8-17/h2-10,12-13,15-16H,11,14H2,1H3,(H,22,23)/t16-/m1/s1. The molecule has 0 aromatic heterocycles. The van der Waals surface area contributed by atoms with Crippen molar-refractivity contribution in [2.45, 2.75) is 25.8 Å². The van der Waals surface area contributed by atoms with Crippen molar-refractivity contribution in [3.8, 4) is 0 Å². The van der Waals surface area contributed by atoms with Gasteiger partial charge in [-0.3, -0.25) is 4.79 Å². The molecule has 3 aromatic carbocycles. The van der Waals surface area contributed by atoms with Crippen LogP contribution in [0.2, 0.25) is 0 Å². The summed E-state index contributed by atoms with van der Waals surface area (Å²) in [7, 11) is 0. The van der Waals surface area contributed by atoms with Gasteiger partial charge in [0.1, 0.15) is 0 Å². The van der Waals surface area contributed by atoms with Crippen LogP contribution in [-0.2, 0) is 11.2 Å². The molecule has 3 aromatic rings. The fraction of sp³-hybridized carbons (Fsp3) is 0.190. The van der Waals surface area contributed by atoms with Crippen molar-refractivity contribution in [3.05, 3.63) is 83.9 Å². The molecular formula is C21H21NO. The van der Waals surface area contributed by atoms with Crippen molar-refractivity contribution in [2.75, 3.05) is 0 Å². The Balaban J connectivity index is 1.61. The van der Waals surface area contributed by atoms with Crippen LogP contribution in [0, 0.1) is 0 Å². The van der Waals surface area contributed by atoms with E-state index in [0.717, 1.165) is 12.0 Å². The lowest BCUT2D eigenvalue weighted by molar-refractivity contribution is -0.121. The zero-order valence-corrected chi connectivity index (χ0v) is 13.3. The van der Waals surface area contributed by atoms with Gasteiger partial charge >= 0.3 is 0 Å². The first kappa shape index (κ1) is 15.3. The summed E-state index contributed by atoms with van der Waals surface area (Å²) in [5.74, 6) is 0.0921. The van der Waals surface area contributed by atoms with Crippen molar-refractivity contribution in [1.82, 2.24) is 5.32 Å². The molecule has 1 N–H and O–H groups in total. The van der Waals surface area contributed by atoms with Crippen molar-refractivity contribution in [3.63, 3.8) is 0 Å². The summed E-state index contributed by atoms with van der Waals surface area (Å²) in [6, 6.07) is 24.8. The highest BCUT2D eigenvalue weighted by atomic mass is 16.1. The van der Waals surface area contributed by atoms with Gasteiger partial charge in [-0.15, -0.1) is 0 Å². The third-order valence-electron chi connectivity index (χ3n) is 4.13. The van der Waals surface area contributed by atoms with Gasteiger partial charge in [0.25, 0.3) is 0 Å². The number of amides is 1. The van der Waals surface area contributed by atoms with E-state index in [0.29, 0.717) is 6.42 Å². The molecule has 0 aliphatic carbocycles. The highest BCUT2D eigenvalue weighted by molar-refractivity contribution is 5.83. The largest absolute Gasteiger partial charge is 0.350 e. The Morgan fingerprint density at radius 3 is 2.39 bits per heavy atom. The maximum absolute atomic E-state index is 12.2. The minimum atomic E-state index is 0.0166. The molecule has 1 atom stereocenters. The SMILES string of the molecule is C[C@@H](NC(=O)CCc1ccccc1)c1ccc2ccccc2c1. The number of hydrogen-bond donors (Lipinski definition) is 1. The Labute approximate surface area is 137 Å². The average molecular weight is 303 g/mol. The van der Waals surface area contributed by atoms with Gasteiger partial charge in [-0.1, -0.05) is 66.7 Å². The first-order chi connectivity index (χ1) is 11.2. The first-order valence-corrected chi connectivity index (χ1v) is 8.04. The average Bonchev–Trinajstić information content (AvgIpc) is 2.60. The number of hydrogen-bond acceptors (Lipinski definition) is 1. The van der Waals surface area contributed by atoms with Crippen LogP contribution in [0.15, 0.2) is 72.8 Å². The number of carbonyl (C=O) groups excluding carboxylic acids is 1. The Hall–Kier alpha value is -2.61. The number of rotatable bonds is 5. The van der Waals surface area contributed by atoms with Gasteiger partial charge in [0.15, 0.2) is 0 Å². The molecule has 0 fully saturated rings. The lowest BCUT2D eigenvalue weighted by atomic mass is 10.0. The minimum absolute atomic E-state index is 0.0166. The quantitative estimate of drug-likeness (QED) is 0.730. The Morgan fingerprint density at radius 1 is 0.913 bits per heavy atom. The maximum Gasteiger partial charge on any atom is 0.220 e. The molecule has 0 saturated carbocycles. The van der Waals surface area contributed by atoms with Gasteiger partial charge in [0.2, 0.25) is 5.91 Å². The van der Waals surface area contributed by atoms with Crippen LogP contribution in [0.25, 0.3) is 10.8 Å². The zero-order valence-electron chi connectivity index (χ0n) is 13.3. The molecule has 2 nitrogen and oxygen atoms in total. The van der Waals surface area contributed by atoms with E-state index < -0.39 is 0 Å². The number of fused-ring (bicyclic) bond motifs is 1. The van der Waals surface area contributed by atoms with E-state index in [1.165, 1.54) is 16.3 Å². The Morgan fingerprint density at radius 2 is 1.61 bits per heavy atom. The molecule has 0 bridgehead atoms. The van der Waals surface area contributed by atoms with Crippen molar-refractivity contribution >= 4 is 16.7 Å². The van der Waals surface area contributed by atoms with Gasteiger partial charge in [0.05, 0.1) is 6.04 Å². The highest BCUT2D eigenvalue weighted by Crippen LogP contribution is 2.20. The molecule has 0 saturated heterocycles. The van der Waals surface area contributed by atoms with Crippen LogP contribution in [0.4, 0.5) is 0 Å². The first-order valence-electron chi connectivity index (χ1n) is 8.04. The molecule has 23 heavy (non-hydrogen) atoms. The second kappa shape index (κ2) is 7.10. The van der Waals surface area contributed by atoms with Crippen LogP contribution in [0.1, 0.15) is 30.5 Å². The van der Waals surface area contributed by atoms with Gasteiger partial charge in [0, 0.05) is 6.42 Å². The fourth-order valence-electron chi connectivity index (χ4n) is 2.78. The molecule has 0 aliphatic rings. The van der Waals surface area contributed by atoms with Crippen molar-refractivity contribution < 1.29 is 4.79 Å². The topological polar surface area (TPSA) is 29.1 Å². The number of benzene rings is 3. The van der Waals surface area contributed by atoms with Gasteiger partial charge in [-0.2, -0.15) is 0 Å². The third kappa shape index (κ3) is 3.98. The van der Waals surface area contributed by atoms with Crippen LogP contribution in [0.5, 0.6) is 0 Å². The number of nitrogens with one attached hydrogen (secondary N) is 1. The van der Waals surface area contributed by atoms with E-state index in [9.17, 15) is 4.79 Å². The molecule has 2 heteroatoms. The van der Waals surface area contributed by atoms with Gasteiger partial charge in [-0.25, -0.2) is 0 Å². The van der Waals surface area contributed by atoms with E-state index >= 15 is 0 Å². The summed E-state index contributed by atoms with van der Waals surface area (Å²) < 4.78 is 0. The predicted octanol–water partition coefficient (Wildman–Crippen LogP) is 4.65. The van der Waals surface area contributed by atoms with Gasteiger partial charge < -0.3 is 5.32 Å². The normalized spacial score (nSPS) is 12.0. The molecule has 1 amide bonds. The molecule has 0 spiro atoms. The summed E-state index contributed by atoms with van der Waals surface area (Å²) in [5, 5.41) is 5.52. The Bertz CT molecular complexity index is 795. The molecule has 0 unspecified atom stereocenters. The van der Waals surface area contributed by atoms with E-state index in [4.69, 9.17) is 0 Å². The molecule has 0 aliphatic heterocycles. The highest BCUT2D eigenvalue weighted by Gasteiger charge is 2.10. The van der Waals surface area contributed by atoms with Crippen molar-refractivity contribution in [2.24, 2.45) is 0 Å². The van der Waals surface area contributed by atoms with Crippen LogP contribution < -0.4 is 5.32 Å². The van der Waals surface area contributed by atoms with Crippen LogP contribution in [-0.4, -0.2) is 5.91 Å². The number of aryl methyl sites for hydroxylation is 1. The summed E-state index contributed by atoms with van der Waals surface area (Å²) in [5.41, 5.74) is 2.33. The monoisotopic (exact) mass is 303 g/mol. The molecular weight excluding hydrogens is 282 g/mol. The Kier molecular flexibility index (Phi) is 4.72. The smallest absolute Gasteiger partial charge is 0.220 e. The summed E-state index contributed by atoms with van der Waals surface area (Å²) in [4.78, 5) is 12.2. The maximum atomic E-state index is 12.2. The van der Waals surface area contributed by atoms with E-state index in [1.54, 1.807) is 0 Å². The summed E-state index contributed by atoms with van der Waals surface area (Å²) >= 11 is 0. The predicted molar refractivity (Wildman–Crippen MR) is 95.3 cm³/mol. The van der Waals surface area contributed by atoms with E-state index in [1.807, 2.05) is 37.3 Å². The second-order valence-corrected chi connectivity index (χ2v) is 5.88. The summed E-state index contributed by atoms with van der Waals surface area (Å²) in [6.45, 7) is 2.03. The lowest BCUT2D eigenvalue weighted by Gasteiger charge is -2.15. The second-order valence-electron chi connectivity index (χ2n) is 5.88. The van der Waals surface area contributed by atoms with Crippen LogP contribution >= 0.6 is 0 Å². The molecule has 0 radical (unpaired) electrons. The van der Waals surface area contributed by atoms with E-state index in [2.05, 4.69) is 47.8 Å². The van der Waals surface area contributed by atoms with Gasteiger partial charge in [-0.05, 0) is 41.3 Å². The fourth-order valence-corrected chi connectivity index (χ4v) is 2.78. The lowest BCUT2D eigenvalue weighted by Crippen LogP contribution is -2.26. The summed E-state index contributed by atoms with van der Waals surface area (Å²) in [6.07, 6.45) is 1.29. The van der Waals surface area contributed by atoms with E-state index in [-0.39, 0.29) is 11.9 Å². The molecule has 3 rings (SSSR count). The van der Waals surface area contributed by atoms with Crippen molar-refractivity contribution in [1.29, 1.82) is 0 Å². The minimum Gasteiger partial charge on any atom is -0.350 e. The third-order valence-corrected chi connectivity index (χ3v) is 4.13. The van der Waals surface area contributed by atoms with Crippen LogP contribution in [0.3, 0.4) is 0 Å².